The summed E-state index contributed by atoms with van der Waals surface area (Å²) < 4.78 is 4.68. The summed E-state index contributed by atoms with van der Waals surface area (Å²) in [6, 6.07) is 0. The average Bonchev–Trinajstić information content (AvgIpc) is 1.97. The second-order valence-electron chi connectivity index (χ2n) is 2.70. The van der Waals surface area contributed by atoms with E-state index in [0.717, 1.165) is 0 Å². The first-order chi connectivity index (χ1) is 5.04. The largest absolute Gasteiger partial charge is 0.388 e. The van der Waals surface area contributed by atoms with Crippen LogP contribution >= 0.6 is 0 Å². The minimum atomic E-state index is -1.43. The van der Waals surface area contributed by atoms with Gasteiger partial charge >= 0.3 is 0 Å². The molecule has 0 aliphatic carbocycles. The molecule has 1 saturated heterocycles. The summed E-state index contributed by atoms with van der Waals surface area (Å²) in [6.07, 6.45) is -5.99. The van der Waals surface area contributed by atoms with Crippen molar-refractivity contribution in [2.24, 2.45) is 0 Å². The van der Waals surface area contributed by atoms with E-state index >= 15 is 0 Å². The number of aliphatic hydroxyl groups excluding tert-OH is 4. The highest BCUT2D eigenvalue weighted by Crippen LogP contribution is 2.18. The molecule has 0 saturated carbocycles. The Morgan fingerprint density at radius 1 is 0.909 bits per heavy atom. The van der Waals surface area contributed by atoms with Crippen LogP contribution in [0.15, 0.2) is 0 Å². The quantitative estimate of drug-likeness (QED) is 0.326. The highest BCUT2D eigenvalue weighted by atomic mass is 16.6. The third-order valence-corrected chi connectivity index (χ3v) is 1.83. The predicted octanol–water partition coefficient (Wildman–Crippen LogP) is -2.19. The van der Waals surface area contributed by atoms with Gasteiger partial charge in [0.05, 0.1) is 6.10 Å². The SMILES string of the molecule is C[C@H]1O[C@@H](O)[C@H](O)[C@@H](O)[C@H]1O. The van der Waals surface area contributed by atoms with Crippen molar-refractivity contribution in [3.8, 4) is 0 Å². The molecule has 0 bridgehead atoms. The van der Waals surface area contributed by atoms with Crippen LogP contribution in [0.5, 0.6) is 0 Å². The van der Waals surface area contributed by atoms with Gasteiger partial charge in [0.25, 0.3) is 0 Å². The molecule has 0 aromatic rings. The van der Waals surface area contributed by atoms with E-state index < -0.39 is 30.7 Å². The maximum absolute atomic E-state index is 9.09. The molecular formula is C6H12O5. The van der Waals surface area contributed by atoms with Gasteiger partial charge in [-0.3, -0.25) is 0 Å². The zero-order valence-electron chi connectivity index (χ0n) is 6.08. The molecule has 1 aliphatic heterocycles. The van der Waals surface area contributed by atoms with Crippen LogP contribution in [-0.4, -0.2) is 51.1 Å². The minimum absolute atomic E-state index is 0.664. The molecule has 66 valence electrons. The van der Waals surface area contributed by atoms with Gasteiger partial charge < -0.3 is 25.2 Å². The molecule has 1 rings (SSSR count). The first-order valence-corrected chi connectivity index (χ1v) is 3.41. The molecule has 4 N–H and O–H groups in total. The first kappa shape index (κ1) is 8.89. The van der Waals surface area contributed by atoms with Crippen molar-refractivity contribution < 1.29 is 25.2 Å². The summed E-state index contributed by atoms with van der Waals surface area (Å²) >= 11 is 0. The summed E-state index contributed by atoms with van der Waals surface area (Å²) in [6.45, 7) is 1.50. The molecule has 5 heteroatoms. The number of rotatable bonds is 0. The molecule has 0 spiro atoms. The highest BCUT2D eigenvalue weighted by molar-refractivity contribution is 4.86. The van der Waals surface area contributed by atoms with Gasteiger partial charge in [-0.15, -0.1) is 0 Å². The van der Waals surface area contributed by atoms with Crippen molar-refractivity contribution >= 4 is 0 Å². The lowest BCUT2D eigenvalue weighted by molar-refractivity contribution is -0.277. The van der Waals surface area contributed by atoms with Crippen LogP contribution in [0, 0.1) is 0 Å². The van der Waals surface area contributed by atoms with E-state index in [1.54, 1.807) is 0 Å². The van der Waals surface area contributed by atoms with Crippen LogP contribution in [0.4, 0.5) is 0 Å². The molecule has 5 nitrogen and oxygen atoms in total. The predicted molar refractivity (Wildman–Crippen MR) is 34.6 cm³/mol. The van der Waals surface area contributed by atoms with Crippen molar-refractivity contribution in [1.82, 2.24) is 0 Å². The lowest BCUT2D eigenvalue weighted by Gasteiger charge is -2.36. The van der Waals surface area contributed by atoms with Crippen molar-refractivity contribution in [1.29, 1.82) is 0 Å². The summed E-state index contributed by atoms with van der Waals surface area (Å²) in [5.74, 6) is 0. The van der Waals surface area contributed by atoms with E-state index in [2.05, 4.69) is 4.74 Å². The van der Waals surface area contributed by atoms with E-state index in [1.807, 2.05) is 0 Å². The molecule has 0 aromatic carbocycles. The molecular weight excluding hydrogens is 152 g/mol. The average molecular weight is 164 g/mol. The second-order valence-corrected chi connectivity index (χ2v) is 2.70. The van der Waals surface area contributed by atoms with Crippen LogP contribution in [-0.2, 0) is 4.74 Å². The number of ether oxygens (including phenoxy) is 1. The Morgan fingerprint density at radius 2 is 1.45 bits per heavy atom. The molecule has 0 aromatic heterocycles. The van der Waals surface area contributed by atoms with Gasteiger partial charge in [-0.2, -0.15) is 0 Å². The van der Waals surface area contributed by atoms with E-state index in [0.29, 0.717) is 0 Å². The van der Waals surface area contributed by atoms with E-state index in [9.17, 15) is 0 Å². The van der Waals surface area contributed by atoms with Crippen LogP contribution < -0.4 is 0 Å². The number of hydrogen-bond donors (Lipinski definition) is 4. The third kappa shape index (κ3) is 1.52. The number of aliphatic hydroxyl groups is 4. The van der Waals surface area contributed by atoms with Crippen LogP contribution in [0.3, 0.4) is 0 Å². The highest BCUT2D eigenvalue weighted by Gasteiger charge is 2.40. The maximum atomic E-state index is 9.09. The summed E-state index contributed by atoms with van der Waals surface area (Å²) in [7, 11) is 0. The zero-order chi connectivity index (χ0) is 8.59. The van der Waals surface area contributed by atoms with E-state index in [4.69, 9.17) is 20.4 Å². The van der Waals surface area contributed by atoms with Gasteiger partial charge in [-0.05, 0) is 6.92 Å². The molecule has 0 unspecified atom stereocenters. The fourth-order valence-corrected chi connectivity index (χ4v) is 1.03. The van der Waals surface area contributed by atoms with E-state index in [1.165, 1.54) is 6.92 Å². The maximum Gasteiger partial charge on any atom is 0.183 e. The third-order valence-electron chi connectivity index (χ3n) is 1.83. The van der Waals surface area contributed by atoms with Gasteiger partial charge in [-0.25, -0.2) is 0 Å². The van der Waals surface area contributed by atoms with Crippen molar-refractivity contribution in [2.45, 2.75) is 37.6 Å². The van der Waals surface area contributed by atoms with Crippen molar-refractivity contribution in [3.63, 3.8) is 0 Å². The minimum Gasteiger partial charge on any atom is -0.388 e. The van der Waals surface area contributed by atoms with Gasteiger partial charge in [0.15, 0.2) is 6.29 Å². The smallest absolute Gasteiger partial charge is 0.183 e. The molecule has 0 radical (unpaired) electrons. The van der Waals surface area contributed by atoms with Crippen molar-refractivity contribution in [2.75, 3.05) is 0 Å². The molecule has 1 fully saturated rings. The van der Waals surface area contributed by atoms with E-state index in [-0.39, 0.29) is 0 Å². The first-order valence-electron chi connectivity index (χ1n) is 3.41. The topological polar surface area (TPSA) is 90.2 Å². The molecule has 0 amide bonds. The fourth-order valence-electron chi connectivity index (χ4n) is 1.03. The zero-order valence-corrected chi connectivity index (χ0v) is 6.08. The van der Waals surface area contributed by atoms with Crippen LogP contribution in [0.2, 0.25) is 0 Å². The van der Waals surface area contributed by atoms with Gasteiger partial charge in [0.1, 0.15) is 18.3 Å². The Hall–Kier alpha value is -0.200. The Balaban J connectivity index is 2.63. The van der Waals surface area contributed by atoms with Gasteiger partial charge in [0, 0.05) is 0 Å². The standard InChI is InChI=1S/C6H12O5/c1-2-3(7)4(8)5(9)6(10)11-2/h2-10H,1H3/t2-,3+,4+,5-,6-/m1/s1. The monoisotopic (exact) mass is 164 g/mol. The fraction of sp³-hybridized carbons (Fsp3) is 1.00. The summed E-state index contributed by atoms with van der Waals surface area (Å²) in [5.41, 5.74) is 0. The molecule has 5 atom stereocenters. The molecule has 1 heterocycles. The summed E-state index contributed by atoms with van der Waals surface area (Å²) in [4.78, 5) is 0. The van der Waals surface area contributed by atoms with Crippen LogP contribution in [0.1, 0.15) is 6.92 Å². The van der Waals surface area contributed by atoms with Gasteiger partial charge in [0.2, 0.25) is 0 Å². The Kier molecular flexibility index (Phi) is 2.46. The normalized spacial score (nSPS) is 52.6. The van der Waals surface area contributed by atoms with Crippen LogP contribution in [0.25, 0.3) is 0 Å². The molecule has 1 aliphatic rings. The Bertz CT molecular complexity index is 125. The summed E-state index contributed by atoms with van der Waals surface area (Å²) in [5, 5.41) is 36.0. The lowest BCUT2D eigenvalue weighted by Crippen LogP contribution is -2.56. The van der Waals surface area contributed by atoms with Gasteiger partial charge in [-0.1, -0.05) is 0 Å². The Labute approximate surface area is 63.8 Å². The van der Waals surface area contributed by atoms with Crippen molar-refractivity contribution in [3.05, 3.63) is 0 Å². The lowest BCUT2D eigenvalue weighted by atomic mass is 10.0. The molecule has 11 heavy (non-hydrogen) atoms. The second kappa shape index (κ2) is 3.04. The Morgan fingerprint density at radius 3 is 2.00 bits per heavy atom. The number of hydrogen-bond acceptors (Lipinski definition) is 5.